The van der Waals surface area contributed by atoms with Crippen LogP contribution in [0.5, 0.6) is 0 Å². The molecule has 0 aromatic heterocycles. The van der Waals surface area contributed by atoms with Crippen molar-refractivity contribution < 1.29 is 9.59 Å². The second-order valence-corrected chi connectivity index (χ2v) is 5.68. The standard InChI is InChI=1S/C13H24N4O2/c1-10-7-17(6-5-14-10)9-13(19)16(2)8-12(18)15-11-3-4-11/h10-11,14H,3-9H2,1-2H3,(H,15,18)/t10-/m1/s1. The second-order valence-electron chi connectivity index (χ2n) is 5.68. The molecule has 1 heterocycles. The van der Waals surface area contributed by atoms with E-state index >= 15 is 0 Å². The van der Waals surface area contributed by atoms with Crippen LogP contribution < -0.4 is 10.6 Å². The molecule has 0 aromatic rings. The van der Waals surface area contributed by atoms with Crippen LogP contribution in [0, 0.1) is 0 Å². The molecule has 1 aliphatic heterocycles. The van der Waals surface area contributed by atoms with E-state index in [1.54, 1.807) is 7.05 Å². The summed E-state index contributed by atoms with van der Waals surface area (Å²) in [5.41, 5.74) is 0. The van der Waals surface area contributed by atoms with Gasteiger partial charge in [-0.15, -0.1) is 0 Å². The summed E-state index contributed by atoms with van der Waals surface area (Å²) in [6.45, 7) is 5.37. The summed E-state index contributed by atoms with van der Waals surface area (Å²) in [4.78, 5) is 27.3. The largest absolute Gasteiger partial charge is 0.352 e. The second kappa shape index (κ2) is 6.34. The molecule has 0 bridgehead atoms. The Bertz CT molecular complexity index is 344. The fraction of sp³-hybridized carbons (Fsp3) is 0.846. The van der Waals surface area contributed by atoms with Gasteiger partial charge in [-0.25, -0.2) is 0 Å². The highest BCUT2D eigenvalue weighted by Gasteiger charge is 2.25. The molecule has 6 heteroatoms. The zero-order valence-corrected chi connectivity index (χ0v) is 11.8. The quantitative estimate of drug-likeness (QED) is 0.672. The van der Waals surface area contributed by atoms with Gasteiger partial charge in [-0.05, 0) is 19.8 Å². The Labute approximate surface area is 114 Å². The van der Waals surface area contributed by atoms with E-state index in [1.165, 1.54) is 4.90 Å². The Morgan fingerprint density at radius 1 is 1.42 bits per heavy atom. The molecule has 2 N–H and O–H groups in total. The van der Waals surface area contributed by atoms with Gasteiger partial charge in [0.1, 0.15) is 0 Å². The van der Waals surface area contributed by atoms with Gasteiger partial charge in [0, 0.05) is 38.8 Å². The molecular weight excluding hydrogens is 244 g/mol. The molecule has 0 aromatic carbocycles. The van der Waals surface area contributed by atoms with E-state index in [0.717, 1.165) is 32.5 Å². The number of rotatable bonds is 5. The van der Waals surface area contributed by atoms with Gasteiger partial charge in [0.15, 0.2) is 0 Å². The molecular formula is C13H24N4O2. The highest BCUT2D eigenvalue weighted by molar-refractivity contribution is 5.85. The molecule has 0 radical (unpaired) electrons. The Balaban J connectivity index is 1.70. The summed E-state index contributed by atoms with van der Waals surface area (Å²) in [5, 5.41) is 6.24. The Kier molecular flexibility index (Phi) is 4.76. The predicted molar refractivity (Wildman–Crippen MR) is 72.7 cm³/mol. The zero-order chi connectivity index (χ0) is 13.8. The Hall–Kier alpha value is -1.14. The van der Waals surface area contributed by atoms with Gasteiger partial charge in [-0.2, -0.15) is 0 Å². The lowest BCUT2D eigenvalue weighted by atomic mass is 10.2. The van der Waals surface area contributed by atoms with Gasteiger partial charge in [0.2, 0.25) is 11.8 Å². The monoisotopic (exact) mass is 268 g/mol. The average Bonchev–Trinajstić information content (AvgIpc) is 3.12. The van der Waals surface area contributed by atoms with Crippen LogP contribution in [0.3, 0.4) is 0 Å². The molecule has 2 aliphatic rings. The number of likely N-dealkylation sites (N-methyl/N-ethyl adjacent to an activating group) is 1. The van der Waals surface area contributed by atoms with Crippen molar-refractivity contribution in [2.75, 3.05) is 39.8 Å². The first-order valence-corrected chi connectivity index (χ1v) is 7.03. The number of hydrogen-bond acceptors (Lipinski definition) is 4. The molecule has 1 saturated carbocycles. The van der Waals surface area contributed by atoms with Crippen LogP contribution >= 0.6 is 0 Å². The molecule has 2 rings (SSSR count). The first kappa shape index (κ1) is 14.3. The van der Waals surface area contributed by atoms with E-state index in [9.17, 15) is 9.59 Å². The molecule has 1 atom stereocenters. The maximum atomic E-state index is 12.0. The third kappa shape index (κ3) is 4.80. The normalized spacial score (nSPS) is 24.0. The van der Waals surface area contributed by atoms with Gasteiger partial charge in [0.25, 0.3) is 0 Å². The van der Waals surface area contributed by atoms with Gasteiger partial charge < -0.3 is 15.5 Å². The minimum Gasteiger partial charge on any atom is -0.352 e. The van der Waals surface area contributed by atoms with Gasteiger partial charge in [0.05, 0.1) is 13.1 Å². The molecule has 0 unspecified atom stereocenters. The molecule has 108 valence electrons. The van der Waals surface area contributed by atoms with Crippen molar-refractivity contribution in [3.8, 4) is 0 Å². The maximum absolute atomic E-state index is 12.0. The maximum Gasteiger partial charge on any atom is 0.239 e. The smallest absolute Gasteiger partial charge is 0.239 e. The van der Waals surface area contributed by atoms with Crippen LogP contribution in [-0.2, 0) is 9.59 Å². The minimum absolute atomic E-state index is 0.0139. The van der Waals surface area contributed by atoms with Crippen LogP contribution in [0.15, 0.2) is 0 Å². The molecule has 2 fully saturated rings. The SMILES string of the molecule is C[C@@H]1CN(CC(=O)N(C)CC(=O)NC2CC2)CCN1. The first-order chi connectivity index (χ1) is 9.04. The number of nitrogens with one attached hydrogen (secondary N) is 2. The summed E-state index contributed by atoms with van der Waals surface area (Å²) in [6.07, 6.45) is 2.14. The molecule has 2 amide bonds. The topological polar surface area (TPSA) is 64.7 Å². The van der Waals surface area contributed by atoms with Crippen LogP contribution in [0.25, 0.3) is 0 Å². The average molecular weight is 268 g/mol. The Morgan fingerprint density at radius 2 is 2.16 bits per heavy atom. The third-order valence-electron chi connectivity index (χ3n) is 3.56. The number of carbonyl (C=O) groups excluding carboxylic acids is 2. The summed E-state index contributed by atoms with van der Waals surface area (Å²) < 4.78 is 0. The van der Waals surface area contributed by atoms with Crippen molar-refractivity contribution >= 4 is 11.8 Å². The number of nitrogens with zero attached hydrogens (tertiary/aromatic N) is 2. The third-order valence-corrected chi connectivity index (χ3v) is 3.56. The van der Waals surface area contributed by atoms with E-state index in [4.69, 9.17) is 0 Å². The lowest BCUT2D eigenvalue weighted by Gasteiger charge is -2.32. The van der Waals surface area contributed by atoms with E-state index in [2.05, 4.69) is 22.5 Å². The zero-order valence-electron chi connectivity index (χ0n) is 11.8. The van der Waals surface area contributed by atoms with Crippen molar-refractivity contribution in [3.63, 3.8) is 0 Å². The van der Waals surface area contributed by atoms with Crippen LogP contribution in [0.2, 0.25) is 0 Å². The number of piperazine rings is 1. The van der Waals surface area contributed by atoms with Gasteiger partial charge >= 0.3 is 0 Å². The number of hydrogen-bond donors (Lipinski definition) is 2. The molecule has 6 nitrogen and oxygen atoms in total. The van der Waals surface area contributed by atoms with Crippen LogP contribution in [-0.4, -0.2) is 73.5 Å². The van der Waals surface area contributed by atoms with Crippen molar-refractivity contribution in [2.24, 2.45) is 0 Å². The summed E-state index contributed by atoms with van der Waals surface area (Å²) in [6, 6.07) is 0.773. The van der Waals surface area contributed by atoms with Crippen molar-refractivity contribution in [1.82, 2.24) is 20.4 Å². The molecule has 1 saturated heterocycles. The summed E-state index contributed by atoms with van der Waals surface area (Å²) in [5.74, 6) is -0.0351. The first-order valence-electron chi connectivity index (χ1n) is 7.03. The van der Waals surface area contributed by atoms with Crippen molar-refractivity contribution in [2.45, 2.75) is 31.8 Å². The highest BCUT2D eigenvalue weighted by Crippen LogP contribution is 2.18. The van der Waals surface area contributed by atoms with E-state index in [0.29, 0.717) is 18.6 Å². The Morgan fingerprint density at radius 3 is 2.79 bits per heavy atom. The van der Waals surface area contributed by atoms with E-state index in [1.807, 2.05) is 0 Å². The molecule has 0 spiro atoms. The lowest BCUT2D eigenvalue weighted by Crippen LogP contribution is -2.52. The molecule has 19 heavy (non-hydrogen) atoms. The minimum atomic E-state index is -0.0490. The fourth-order valence-corrected chi connectivity index (χ4v) is 2.27. The number of amides is 2. The van der Waals surface area contributed by atoms with Gasteiger partial charge in [-0.3, -0.25) is 14.5 Å². The molecule has 1 aliphatic carbocycles. The van der Waals surface area contributed by atoms with E-state index < -0.39 is 0 Å². The fourth-order valence-electron chi connectivity index (χ4n) is 2.27. The summed E-state index contributed by atoms with van der Waals surface area (Å²) in [7, 11) is 1.69. The highest BCUT2D eigenvalue weighted by atomic mass is 16.2. The summed E-state index contributed by atoms with van der Waals surface area (Å²) >= 11 is 0. The van der Waals surface area contributed by atoms with Crippen LogP contribution in [0.4, 0.5) is 0 Å². The lowest BCUT2D eigenvalue weighted by molar-refractivity contribution is -0.135. The predicted octanol–water partition coefficient (Wildman–Crippen LogP) is -0.983. The van der Waals surface area contributed by atoms with Gasteiger partial charge in [-0.1, -0.05) is 0 Å². The van der Waals surface area contributed by atoms with Crippen molar-refractivity contribution in [1.29, 1.82) is 0 Å². The van der Waals surface area contributed by atoms with E-state index in [-0.39, 0.29) is 18.4 Å². The van der Waals surface area contributed by atoms with Crippen molar-refractivity contribution in [3.05, 3.63) is 0 Å². The van der Waals surface area contributed by atoms with Crippen LogP contribution in [0.1, 0.15) is 19.8 Å². The number of carbonyl (C=O) groups is 2.